The Morgan fingerprint density at radius 3 is 2.58 bits per heavy atom. The molecule has 0 unspecified atom stereocenters. The van der Waals surface area contributed by atoms with Gasteiger partial charge in [0.1, 0.15) is 0 Å². The van der Waals surface area contributed by atoms with Crippen LogP contribution >= 0.6 is 27.5 Å². The summed E-state index contributed by atoms with van der Waals surface area (Å²) >= 11 is 9.72. The average Bonchev–Trinajstić information content (AvgIpc) is 3.24. The first kappa shape index (κ1) is 27.1. The summed E-state index contributed by atoms with van der Waals surface area (Å²) in [5.74, 6) is 0.520. The maximum Gasteiger partial charge on any atom is 0.329 e. The molecular formula is C25H30BrClN4O4S. The van der Waals surface area contributed by atoms with E-state index in [1.165, 1.54) is 18.2 Å². The molecule has 3 aromatic rings. The third-order valence-electron chi connectivity index (χ3n) is 6.60. The molecule has 1 aliphatic heterocycles. The summed E-state index contributed by atoms with van der Waals surface area (Å²) in [5, 5.41) is 0.673. The predicted molar refractivity (Wildman–Crippen MR) is 147 cm³/mol. The first-order valence-corrected chi connectivity index (χ1v) is 14.6. The van der Waals surface area contributed by atoms with Crippen LogP contribution in [0.3, 0.4) is 0 Å². The van der Waals surface area contributed by atoms with Gasteiger partial charge in [0.2, 0.25) is 0 Å². The Kier molecular flexibility index (Phi) is 8.11. The second kappa shape index (κ2) is 10.8. The summed E-state index contributed by atoms with van der Waals surface area (Å²) < 4.78 is 27.0. The molecule has 1 fully saturated rings. The fourth-order valence-electron chi connectivity index (χ4n) is 4.85. The first-order valence-electron chi connectivity index (χ1n) is 11.8. The lowest BCUT2D eigenvalue weighted by atomic mass is 10.1. The number of benzene rings is 2. The smallest absolute Gasteiger partial charge is 0.309 e. The fourth-order valence-corrected chi connectivity index (χ4v) is 6.62. The minimum atomic E-state index is -3.57. The Hall–Kier alpha value is -1.98. The van der Waals surface area contributed by atoms with Gasteiger partial charge in [-0.05, 0) is 74.4 Å². The molecule has 0 aliphatic carbocycles. The Labute approximate surface area is 223 Å². The minimum Gasteiger partial charge on any atom is -0.309 e. The van der Waals surface area contributed by atoms with E-state index in [2.05, 4.69) is 44.8 Å². The highest BCUT2D eigenvalue weighted by atomic mass is 79.9. The molecule has 1 N–H and O–H groups in total. The van der Waals surface area contributed by atoms with E-state index < -0.39 is 21.1 Å². The van der Waals surface area contributed by atoms with Gasteiger partial charge in [-0.1, -0.05) is 34.5 Å². The Morgan fingerprint density at radius 2 is 1.89 bits per heavy atom. The number of hydrogen-bond acceptors (Lipinski definition) is 6. The molecule has 2 aromatic carbocycles. The predicted octanol–water partition coefficient (Wildman–Crippen LogP) is 3.33. The normalized spacial score (nSPS) is 16.9. The summed E-state index contributed by atoms with van der Waals surface area (Å²) in [4.78, 5) is 33.8. The van der Waals surface area contributed by atoms with Crippen LogP contribution in [-0.2, 0) is 22.9 Å². The van der Waals surface area contributed by atoms with E-state index in [0.717, 1.165) is 40.7 Å². The molecular weight excluding hydrogens is 568 g/mol. The lowest BCUT2D eigenvalue weighted by Gasteiger charge is -2.19. The third kappa shape index (κ3) is 5.78. The van der Waals surface area contributed by atoms with Crippen molar-refractivity contribution < 1.29 is 8.42 Å². The van der Waals surface area contributed by atoms with E-state index >= 15 is 0 Å². The van der Waals surface area contributed by atoms with Crippen molar-refractivity contribution in [3.05, 3.63) is 71.8 Å². The van der Waals surface area contributed by atoms with Crippen LogP contribution in [0.2, 0.25) is 5.02 Å². The molecule has 0 saturated carbocycles. The van der Waals surface area contributed by atoms with Crippen LogP contribution in [0.1, 0.15) is 24.5 Å². The highest BCUT2D eigenvalue weighted by molar-refractivity contribution is 9.10. The van der Waals surface area contributed by atoms with Gasteiger partial charge in [0.25, 0.3) is 5.56 Å². The second-order valence-corrected chi connectivity index (χ2v) is 13.2. The van der Waals surface area contributed by atoms with E-state index in [1.54, 1.807) is 13.0 Å². The van der Waals surface area contributed by atoms with Gasteiger partial charge in [0.05, 0.1) is 28.1 Å². The molecule has 1 aliphatic rings. The number of aromatic amines is 1. The average molecular weight is 598 g/mol. The van der Waals surface area contributed by atoms with Crippen molar-refractivity contribution >= 4 is 48.3 Å². The van der Waals surface area contributed by atoms with Gasteiger partial charge in [0.15, 0.2) is 9.84 Å². The van der Waals surface area contributed by atoms with Crippen LogP contribution in [0.25, 0.3) is 10.9 Å². The van der Waals surface area contributed by atoms with Crippen molar-refractivity contribution in [2.75, 3.05) is 39.5 Å². The number of halogens is 2. The maximum atomic E-state index is 13.3. The van der Waals surface area contributed by atoms with Crippen molar-refractivity contribution in [3.8, 4) is 0 Å². The molecule has 0 bridgehead atoms. The molecule has 11 heteroatoms. The molecule has 0 amide bonds. The number of likely N-dealkylation sites (tertiary alicyclic amines) is 1. The number of sulfone groups is 1. The van der Waals surface area contributed by atoms with Crippen molar-refractivity contribution in [1.82, 2.24) is 19.4 Å². The SMILES string of the molecule is CCS(=O)(=O)c1ccc(Cl)cc1Cn1c(=O)[nH]c2cc(CN3CC[C@H](CN(C)C)C3)c(Br)cc2c1=O. The van der Waals surface area contributed by atoms with E-state index in [-0.39, 0.29) is 17.2 Å². The van der Waals surface area contributed by atoms with Gasteiger partial charge in [-0.3, -0.25) is 14.3 Å². The van der Waals surface area contributed by atoms with Crippen LogP contribution in [-0.4, -0.2) is 67.3 Å². The van der Waals surface area contributed by atoms with E-state index in [9.17, 15) is 18.0 Å². The van der Waals surface area contributed by atoms with Crippen molar-refractivity contribution in [1.29, 1.82) is 0 Å². The van der Waals surface area contributed by atoms with Crippen LogP contribution in [0, 0.1) is 5.92 Å². The highest BCUT2D eigenvalue weighted by Crippen LogP contribution is 2.26. The summed E-state index contributed by atoms with van der Waals surface area (Å²) in [5.41, 5.74) is 0.650. The molecule has 1 saturated heterocycles. The van der Waals surface area contributed by atoms with Crippen LogP contribution < -0.4 is 11.2 Å². The third-order valence-corrected chi connectivity index (χ3v) is 9.40. The molecule has 0 radical (unpaired) electrons. The zero-order chi connectivity index (χ0) is 26.2. The summed E-state index contributed by atoms with van der Waals surface area (Å²) in [6, 6.07) is 7.97. The number of H-pyrrole nitrogens is 1. The molecule has 4 rings (SSSR count). The number of nitrogens with zero attached hydrogens (tertiary/aromatic N) is 3. The molecule has 36 heavy (non-hydrogen) atoms. The fraction of sp³-hybridized carbons (Fsp3) is 0.440. The number of rotatable bonds is 8. The van der Waals surface area contributed by atoms with Gasteiger partial charge in [-0.25, -0.2) is 13.2 Å². The van der Waals surface area contributed by atoms with Crippen molar-refractivity contribution in [2.45, 2.75) is 31.3 Å². The quantitative estimate of drug-likeness (QED) is 0.428. The Morgan fingerprint density at radius 1 is 1.14 bits per heavy atom. The summed E-state index contributed by atoms with van der Waals surface area (Å²) in [7, 11) is 0.600. The van der Waals surface area contributed by atoms with Gasteiger partial charge in [-0.2, -0.15) is 0 Å². The van der Waals surface area contributed by atoms with Gasteiger partial charge < -0.3 is 9.88 Å². The van der Waals surface area contributed by atoms with Crippen LogP contribution in [0.4, 0.5) is 0 Å². The number of nitrogens with one attached hydrogen (secondary N) is 1. The topological polar surface area (TPSA) is 95.5 Å². The number of fused-ring (bicyclic) bond motifs is 1. The van der Waals surface area contributed by atoms with Crippen LogP contribution in [0.5, 0.6) is 0 Å². The van der Waals surface area contributed by atoms with Crippen LogP contribution in [0.15, 0.2) is 49.3 Å². The molecule has 194 valence electrons. The zero-order valence-corrected chi connectivity index (χ0v) is 23.7. The lowest BCUT2D eigenvalue weighted by Crippen LogP contribution is -2.36. The number of hydrogen-bond donors (Lipinski definition) is 1. The second-order valence-electron chi connectivity index (χ2n) is 9.62. The molecule has 2 heterocycles. The standard InChI is InChI=1S/C25H30BrClN4O4S/c1-4-36(34,35)23-6-5-19(27)9-18(23)15-31-24(32)20-11-21(26)17(10-22(20)28-25(31)33)14-30-8-7-16(13-30)12-29(2)3/h5-6,9-11,16H,4,7-8,12-15H2,1-3H3,(H,28,33)/t16-/m1/s1. The van der Waals surface area contributed by atoms with E-state index in [0.29, 0.717) is 34.0 Å². The summed E-state index contributed by atoms with van der Waals surface area (Å²) in [6.07, 6.45) is 1.14. The Balaban J connectivity index is 1.68. The van der Waals surface area contributed by atoms with Gasteiger partial charge in [0, 0.05) is 29.1 Å². The number of aromatic nitrogens is 2. The molecule has 0 spiro atoms. The van der Waals surface area contributed by atoms with E-state index in [4.69, 9.17) is 11.6 Å². The zero-order valence-electron chi connectivity index (χ0n) is 20.6. The van der Waals surface area contributed by atoms with Gasteiger partial charge in [-0.15, -0.1) is 0 Å². The van der Waals surface area contributed by atoms with Crippen molar-refractivity contribution in [2.24, 2.45) is 5.92 Å². The Bertz CT molecular complexity index is 1520. The maximum absolute atomic E-state index is 13.3. The molecule has 1 atom stereocenters. The summed E-state index contributed by atoms with van der Waals surface area (Å²) in [6.45, 7) is 5.11. The van der Waals surface area contributed by atoms with Gasteiger partial charge >= 0.3 is 5.69 Å². The minimum absolute atomic E-state index is 0.0653. The molecule has 1 aromatic heterocycles. The van der Waals surface area contributed by atoms with E-state index in [1.807, 2.05) is 6.07 Å². The largest absolute Gasteiger partial charge is 0.329 e. The van der Waals surface area contributed by atoms with Crippen molar-refractivity contribution in [3.63, 3.8) is 0 Å². The first-order chi connectivity index (χ1) is 17.0. The highest BCUT2D eigenvalue weighted by Gasteiger charge is 2.24. The monoisotopic (exact) mass is 596 g/mol. The lowest BCUT2D eigenvalue weighted by molar-refractivity contribution is 0.286. The molecule has 8 nitrogen and oxygen atoms in total.